The summed E-state index contributed by atoms with van der Waals surface area (Å²) in [6, 6.07) is 57.5. The van der Waals surface area contributed by atoms with Gasteiger partial charge in [0.15, 0.2) is 0 Å². The molecule has 0 unspecified atom stereocenters. The number of rotatable bonds is 6. The van der Waals surface area contributed by atoms with Gasteiger partial charge in [0.2, 0.25) is 0 Å². The van der Waals surface area contributed by atoms with Gasteiger partial charge in [-0.25, -0.2) is 4.98 Å². The molecule has 260 valence electrons. The number of aliphatic imine (C=N–C) groups is 1. The molecule has 0 amide bonds. The van der Waals surface area contributed by atoms with Gasteiger partial charge in [-0.1, -0.05) is 142 Å². The van der Waals surface area contributed by atoms with E-state index in [0.29, 0.717) is 5.56 Å². The molecule has 9 rings (SSSR count). The van der Waals surface area contributed by atoms with Crippen molar-refractivity contribution in [3.8, 4) is 49.7 Å². The Labute approximate surface area is 319 Å². The van der Waals surface area contributed by atoms with E-state index in [0.717, 1.165) is 54.3 Å². The van der Waals surface area contributed by atoms with Gasteiger partial charge in [-0.05, 0) is 103 Å². The first kappa shape index (κ1) is 33.5. The molecule has 9 aromatic rings. The van der Waals surface area contributed by atoms with Gasteiger partial charge in [-0.2, -0.15) is 0 Å². The zero-order chi connectivity index (χ0) is 36.8. The number of hydrogen-bond donors (Lipinski definition) is 1. The summed E-state index contributed by atoms with van der Waals surface area (Å²) in [4.78, 5) is 10.2. The lowest BCUT2D eigenvalue weighted by atomic mass is 9.86. The Hall–Kier alpha value is -6.36. The molecule has 0 aliphatic carbocycles. The maximum absolute atomic E-state index is 10.7. The van der Waals surface area contributed by atoms with Crippen LogP contribution < -0.4 is 0 Å². The van der Waals surface area contributed by atoms with Crippen LogP contribution >= 0.6 is 11.3 Å². The van der Waals surface area contributed by atoms with E-state index in [4.69, 9.17) is 9.98 Å². The highest BCUT2D eigenvalue weighted by molar-refractivity contribution is 7.21. The van der Waals surface area contributed by atoms with Crippen LogP contribution in [0.2, 0.25) is 0 Å². The number of phenolic OH excluding ortho intramolecular Hbond substituents is 1. The molecule has 0 aliphatic heterocycles. The molecule has 8 aromatic carbocycles. The first-order chi connectivity index (χ1) is 26.3. The minimum absolute atomic E-state index is 0.0430. The Kier molecular flexibility index (Phi) is 8.41. The standard InChI is InChI=1S/C50H38N2OS/c1-50(2,3)38-25-26-46(53)37(27-38)31-51-45-20-12-11-19-42(45)49-52-48-44(33-13-5-4-6-14-33)29-36(30-47(48)54-49)32-21-23-34(24-22-32)43-28-35-15-7-8-16-39(35)40-17-9-10-18-41(40)43/h4-31,53H,1-3H3. The highest BCUT2D eigenvalue weighted by atomic mass is 32.1. The van der Waals surface area contributed by atoms with E-state index in [1.54, 1.807) is 23.6 Å². The lowest BCUT2D eigenvalue weighted by Gasteiger charge is -2.19. The summed E-state index contributed by atoms with van der Waals surface area (Å²) in [5.41, 5.74) is 11.5. The maximum atomic E-state index is 10.7. The first-order valence-corrected chi connectivity index (χ1v) is 19.1. The van der Waals surface area contributed by atoms with Crippen molar-refractivity contribution in [3.63, 3.8) is 0 Å². The Bertz CT molecular complexity index is 2860. The molecule has 1 heterocycles. The fraction of sp³-hybridized carbons (Fsp3) is 0.0800. The van der Waals surface area contributed by atoms with Crippen LogP contribution in [0.25, 0.3) is 75.7 Å². The van der Waals surface area contributed by atoms with Crippen molar-refractivity contribution >= 4 is 55.0 Å². The van der Waals surface area contributed by atoms with Gasteiger partial charge in [-0.3, -0.25) is 4.99 Å². The first-order valence-electron chi connectivity index (χ1n) is 18.3. The van der Waals surface area contributed by atoms with Crippen molar-refractivity contribution in [3.05, 3.63) is 175 Å². The van der Waals surface area contributed by atoms with E-state index in [-0.39, 0.29) is 11.2 Å². The number of fused-ring (bicyclic) bond motifs is 4. The lowest BCUT2D eigenvalue weighted by Crippen LogP contribution is -2.11. The average Bonchev–Trinajstić information content (AvgIpc) is 3.64. The second-order valence-corrected chi connectivity index (χ2v) is 15.9. The molecule has 1 N–H and O–H groups in total. The molecule has 0 aliphatic rings. The molecular formula is C50H38N2OS. The maximum Gasteiger partial charge on any atom is 0.126 e. The summed E-state index contributed by atoms with van der Waals surface area (Å²) >= 11 is 1.68. The number of benzene rings is 8. The summed E-state index contributed by atoms with van der Waals surface area (Å²) in [6.07, 6.45) is 1.76. The van der Waals surface area contributed by atoms with Gasteiger partial charge in [0.1, 0.15) is 10.8 Å². The SMILES string of the molecule is CC(C)(C)c1ccc(O)c(C=Nc2ccccc2-c2nc3c(-c4ccccc4)cc(-c4ccc(-c5cc6ccccc6c6ccccc56)cc4)cc3s2)c1. The number of aromatic hydroxyl groups is 1. The van der Waals surface area contributed by atoms with Gasteiger partial charge < -0.3 is 5.11 Å². The fourth-order valence-electron chi connectivity index (χ4n) is 7.32. The molecule has 4 heteroatoms. The molecule has 0 saturated heterocycles. The molecule has 3 nitrogen and oxygen atoms in total. The van der Waals surface area contributed by atoms with Crippen molar-refractivity contribution in [1.29, 1.82) is 0 Å². The van der Waals surface area contributed by atoms with Crippen molar-refractivity contribution in [2.24, 2.45) is 4.99 Å². The highest BCUT2D eigenvalue weighted by Gasteiger charge is 2.18. The Morgan fingerprint density at radius 3 is 2.02 bits per heavy atom. The van der Waals surface area contributed by atoms with Crippen LogP contribution in [-0.2, 0) is 5.41 Å². The van der Waals surface area contributed by atoms with E-state index in [1.807, 2.05) is 30.3 Å². The number of aromatic nitrogens is 1. The summed E-state index contributed by atoms with van der Waals surface area (Å²) in [7, 11) is 0. The third-order valence-corrected chi connectivity index (χ3v) is 11.3. The molecule has 0 atom stereocenters. The monoisotopic (exact) mass is 714 g/mol. The molecule has 0 bridgehead atoms. The highest BCUT2D eigenvalue weighted by Crippen LogP contribution is 2.42. The minimum atomic E-state index is -0.0430. The van der Waals surface area contributed by atoms with E-state index in [2.05, 4.69) is 148 Å². The van der Waals surface area contributed by atoms with Crippen molar-refractivity contribution in [2.45, 2.75) is 26.2 Å². The van der Waals surface area contributed by atoms with Gasteiger partial charge in [0.05, 0.1) is 15.9 Å². The number of phenols is 1. The second-order valence-electron chi connectivity index (χ2n) is 14.8. The third-order valence-electron chi connectivity index (χ3n) is 10.2. The molecule has 1 aromatic heterocycles. The Morgan fingerprint density at radius 1 is 0.556 bits per heavy atom. The lowest BCUT2D eigenvalue weighted by molar-refractivity contribution is 0.473. The Balaban J connectivity index is 1.12. The number of hydrogen-bond acceptors (Lipinski definition) is 4. The van der Waals surface area contributed by atoms with Crippen molar-refractivity contribution in [2.75, 3.05) is 0 Å². The van der Waals surface area contributed by atoms with Gasteiger partial charge in [0.25, 0.3) is 0 Å². The van der Waals surface area contributed by atoms with Crippen molar-refractivity contribution in [1.82, 2.24) is 4.98 Å². The zero-order valence-corrected chi connectivity index (χ0v) is 31.2. The van der Waals surface area contributed by atoms with Crippen LogP contribution in [0.1, 0.15) is 31.9 Å². The molecule has 54 heavy (non-hydrogen) atoms. The number of thiazole rings is 1. The summed E-state index contributed by atoms with van der Waals surface area (Å²) in [5, 5.41) is 16.6. The van der Waals surface area contributed by atoms with E-state index in [1.165, 1.54) is 32.7 Å². The second kappa shape index (κ2) is 13.6. The Morgan fingerprint density at radius 2 is 1.22 bits per heavy atom. The smallest absolute Gasteiger partial charge is 0.126 e. The fourth-order valence-corrected chi connectivity index (χ4v) is 8.38. The van der Waals surface area contributed by atoms with Crippen LogP contribution in [-0.4, -0.2) is 16.3 Å². The molecule has 0 radical (unpaired) electrons. The topological polar surface area (TPSA) is 45.5 Å². The summed E-state index contributed by atoms with van der Waals surface area (Å²) < 4.78 is 1.11. The van der Waals surface area contributed by atoms with Crippen LogP contribution in [0.4, 0.5) is 5.69 Å². The third kappa shape index (κ3) is 6.25. The zero-order valence-electron chi connectivity index (χ0n) is 30.4. The normalized spacial score (nSPS) is 12.0. The van der Waals surface area contributed by atoms with Crippen LogP contribution in [0.15, 0.2) is 169 Å². The predicted molar refractivity (Wildman–Crippen MR) is 230 cm³/mol. The summed E-state index contributed by atoms with van der Waals surface area (Å²) in [6.45, 7) is 6.50. The molecule has 0 spiro atoms. The summed E-state index contributed by atoms with van der Waals surface area (Å²) in [5.74, 6) is 0.211. The molecular weight excluding hydrogens is 677 g/mol. The number of para-hydroxylation sites is 1. The average molecular weight is 715 g/mol. The largest absolute Gasteiger partial charge is 0.507 e. The van der Waals surface area contributed by atoms with E-state index in [9.17, 15) is 5.11 Å². The predicted octanol–water partition coefficient (Wildman–Crippen LogP) is 14.0. The van der Waals surface area contributed by atoms with Gasteiger partial charge in [-0.15, -0.1) is 11.3 Å². The quantitative estimate of drug-likeness (QED) is 0.138. The van der Waals surface area contributed by atoms with Crippen molar-refractivity contribution < 1.29 is 5.11 Å². The van der Waals surface area contributed by atoms with Crippen LogP contribution in [0, 0.1) is 0 Å². The molecule has 0 fully saturated rings. The van der Waals surface area contributed by atoms with Crippen LogP contribution in [0.5, 0.6) is 5.75 Å². The van der Waals surface area contributed by atoms with Crippen LogP contribution in [0.3, 0.4) is 0 Å². The van der Waals surface area contributed by atoms with Gasteiger partial charge in [0, 0.05) is 22.9 Å². The van der Waals surface area contributed by atoms with E-state index >= 15 is 0 Å². The minimum Gasteiger partial charge on any atom is -0.507 e. The van der Waals surface area contributed by atoms with E-state index < -0.39 is 0 Å². The number of nitrogens with zero attached hydrogens (tertiary/aromatic N) is 2. The van der Waals surface area contributed by atoms with Gasteiger partial charge >= 0.3 is 0 Å². The molecule has 0 saturated carbocycles.